The van der Waals surface area contributed by atoms with Gasteiger partial charge in [0.1, 0.15) is 17.5 Å². The number of carbonyl (C=O) groups excluding carboxylic acids is 2. The van der Waals surface area contributed by atoms with E-state index in [1.807, 2.05) is 79.7 Å². The molecule has 1 atom stereocenters. The molecule has 0 saturated carbocycles. The predicted molar refractivity (Wildman–Crippen MR) is 147 cm³/mol. The van der Waals surface area contributed by atoms with Crippen LogP contribution < -0.4 is 14.8 Å². The second-order valence-corrected chi connectivity index (χ2v) is 9.21. The number of halogens is 1. The maximum absolute atomic E-state index is 13.6. The first-order valence-corrected chi connectivity index (χ1v) is 13.0. The van der Waals surface area contributed by atoms with E-state index >= 15 is 0 Å². The van der Waals surface area contributed by atoms with Gasteiger partial charge in [-0.1, -0.05) is 61.0 Å². The smallest absolute Gasteiger partial charge is 0.243 e. The third-order valence-corrected chi connectivity index (χ3v) is 6.16. The fraction of sp³-hybridized carbons (Fsp3) is 0.333. The standard InChI is InChI=1S/C30H35ClN2O4/c1-3-18-32-30(35)28(21-23-9-5-4-6-10-23)33(22-24-11-7-12-25(31)20-24)29(34)13-8-19-37-27-16-14-26(36-2)15-17-27/h4-7,9-12,14-17,20,28H,3,8,13,18-19,21-22H2,1-2H3,(H,32,35)/t28-/m1/s1. The molecular formula is C30H35ClN2O4. The van der Waals surface area contributed by atoms with E-state index in [0.29, 0.717) is 36.8 Å². The summed E-state index contributed by atoms with van der Waals surface area (Å²) in [7, 11) is 1.62. The Hall–Kier alpha value is -3.51. The van der Waals surface area contributed by atoms with E-state index in [4.69, 9.17) is 21.1 Å². The number of methoxy groups -OCH3 is 1. The average molecular weight is 523 g/mol. The van der Waals surface area contributed by atoms with Crippen LogP contribution in [0.25, 0.3) is 0 Å². The molecule has 0 aromatic heterocycles. The summed E-state index contributed by atoms with van der Waals surface area (Å²) in [5.41, 5.74) is 1.86. The van der Waals surface area contributed by atoms with Gasteiger partial charge in [0.05, 0.1) is 13.7 Å². The van der Waals surface area contributed by atoms with Crippen molar-refractivity contribution in [2.24, 2.45) is 0 Å². The number of nitrogens with zero attached hydrogens (tertiary/aromatic N) is 1. The number of hydrogen-bond acceptors (Lipinski definition) is 4. The summed E-state index contributed by atoms with van der Waals surface area (Å²) < 4.78 is 11.0. The molecule has 1 N–H and O–H groups in total. The Kier molecular flexibility index (Phi) is 11.3. The lowest BCUT2D eigenvalue weighted by Crippen LogP contribution is -2.50. The van der Waals surface area contributed by atoms with Gasteiger partial charge >= 0.3 is 0 Å². The molecule has 0 aliphatic heterocycles. The zero-order valence-electron chi connectivity index (χ0n) is 21.5. The highest BCUT2D eigenvalue weighted by Gasteiger charge is 2.30. The minimum atomic E-state index is -0.650. The number of ether oxygens (including phenoxy) is 2. The number of rotatable bonds is 14. The van der Waals surface area contributed by atoms with Gasteiger partial charge in [0.25, 0.3) is 0 Å². The van der Waals surface area contributed by atoms with Crippen LogP contribution in [0, 0.1) is 0 Å². The summed E-state index contributed by atoms with van der Waals surface area (Å²) in [4.78, 5) is 28.6. The molecule has 0 saturated heterocycles. The molecule has 37 heavy (non-hydrogen) atoms. The normalized spacial score (nSPS) is 11.4. The summed E-state index contributed by atoms with van der Waals surface area (Å²) in [5, 5.41) is 3.58. The molecule has 0 aliphatic rings. The predicted octanol–water partition coefficient (Wildman–Crippen LogP) is 5.67. The molecule has 0 bridgehead atoms. The first-order chi connectivity index (χ1) is 18.0. The van der Waals surface area contributed by atoms with Crippen LogP contribution in [0.5, 0.6) is 11.5 Å². The summed E-state index contributed by atoms with van der Waals surface area (Å²) in [5.74, 6) is 1.20. The highest BCUT2D eigenvalue weighted by Crippen LogP contribution is 2.20. The van der Waals surface area contributed by atoms with Crippen LogP contribution in [0.1, 0.15) is 37.3 Å². The SMILES string of the molecule is CCCNC(=O)[C@@H](Cc1ccccc1)N(Cc1cccc(Cl)c1)C(=O)CCCOc1ccc(OC)cc1. The van der Waals surface area contributed by atoms with Crippen LogP contribution >= 0.6 is 11.6 Å². The Bertz CT molecular complexity index is 1120. The largest absolute Gasteiger partial charge is 0.497 e. The van der Waals surface area contributed by atoms with Crippen molar-refractivity contribution in [1.82, 2.24) is 10.2 Å². The van der Waals surface area contributed by atoms with Gasteiger partial charge in [0.2, 0.25) is 11.8 Å². The molecule has 3 aromatic carbocycles. The van der Waals surface area contributed by atoms with Crippen molar-refractivity contribution < 1.29 is 19.1 Å². The molecule has 7 heteroatoms. The van der Waals surface area contributed by atoms with E-state index in [9.17, 15) is 9.59 Å². The van der Waals surface area contributed by atoms with Crippen molar-refractivity contribution in [1.29, 1.82) is 0 Å². The highest BCUT2D eigenvalue weighted by molar-refractivity contribution is 6.30. The van der Waals surface area contributed by atoms with Gasteiger partial charge in [0, 0.05) is 31.0 Å². The minimum Gasteiger partial charge on any atom is -0.497 e. The highest BCUT2D eigenvalue weighted by atomic mass is 35.5. The number of hydrogen-bond donors (Lipinski definition) is 1. The lowest BCUT2D eigenvalue weighted by atomic mass is 10.0. The van der Waals surface area contributed by atoms with Crippen LogP contribution in [-0.2, 0) is 22.6 Å². The maximum Gasteiger partial charge on any atom is 0.243 e. The Labute approximate surface area is 224 Å². The quantitative estimate of drug-likeness (QED) is 0.277. The zero-order valence-corrected chi connectivity index (χ0v) is 22.2. The fourth-order valence-electron chi connectivity index (χ4n) is 3.98. The van der Waals surface area contributed by atoms with Crippen molar-refractivity contribution in [2.45, 2.75) is 45.2 Å². The summed E-state index contributed by atoms with van der Waals surface area (Å²) in [6.07, 6.45) is 2.01. The Balaban J connectivity index is 1.75. The summed E-state index contributed by atoms with van der Waals surface area (Å²) >= 11 is 6.22. The van der Waals surface area contributed by atoms with Crippen molar-refractivity contribution in [3.63, 3.8) is 0 Å². The zero-order chi connectivity index (χ0) is 26.5. The lowest BCUT2D eigenvalue weighted by molar-refractivity contribution is -0.141. The van der Waals surface area contributed by atoms with E-state index in [2.05, 4.69) is 5.32 Å². The van der Waals surface area contributed by atoms with Crippen LogP contribution in [0.2, 0.25) is 5.02 Å². The van der Waals surface area contributed by atoms with Gasteiger partial charge in [-0.2, -0.15) is 0 Å². The van der Waals surface area contributed by atoms with Gasteiger partial charge < -0.3 is 19.7 Å². The van der Waals surface area contributed by atoms with Crippen LogP contribution in [0.3, 0.4) is 0 Å². The monoisotopic (exact) mass is 522 g/mol. The maximum atomic E-state index is 13.6. The Morgan fingerprint density at radius 2 is 1.65 bits per heavy atom. The third kappa shape index (κ3) is 9.14. The van der Waals surface area contributed by atoms with Crippen molar-refractivity contribution in [2.75, 3.05) is 20.3 Å². The minimum absolute atomic E-state index is 0.106. The number of carbonyl (C=O) groups is 2. The van der Waals surface area contributed by atoms with Crippen LogP contribution in [-0.4, -0.2) is 43.0 Å². The Morgan fingerprint density at radius 3 is 2.32 bits per heavy atom. The fourth-order valence-corrected chi connectivity index (χ4v) is 4.19. The van der Waals surface area contributed by atoms with E-state index in [0.717, 1.165) is 23.3 Å². The molecule has 0 radical (unpaired) electrons. The third-order valence-electron chi connectivity index (χ3n) is 5.93. The molecule has 3 aromatic rings. The number of amides is 2. The van der Waals surface area contributed by atoms with Gasteiger partial charge in [-0.05, 0) is 60.4 Å². The molecular weight excluding hydrogens is 488 g/mol. The van der Waals surface area contributed by atoms with E-state index in [1.54, 1.807) is 18.1 Å². The molecule has 6 nitrogen and oxygen atoms in total. The molecule has 0 fully saturated rings. The molecule has 0 spiro atoms. The van der Waals surface area contributed by atoms with Crippen LogP contribution in [0.15, 0.2) is 78.9 Å². The second-order valence-electron chi connectivity index (χ2n) is 8.78. The van der Waals surface area contributed by atoms with Crippen molar-refractivity contribution in [3.05, 3.63) is 95.0 Å². The van der Waals surface area contributed by atoms with Crippen LogP contribution in [0.4, 0.5) is 0 Å². The lowest BCUT2D eigenvalue weighted by Gasteiger charge is -2.31. The molecule has 2 amide bonds. The first-order valence-electron chi connectivity index (χ1n) is 12.6. The van der Waals surface area contributed by atoms with Crippen molar-refractivity contribution >= 4 is 23.4 Å². The Morgan fingerprint density at radius 1 is 0.946 bits per heavy atom. The number of nitrogens with one attached hydrogen (secondary N) is 1. The average Bonchev–Trinajstić information content (AvgIpc) is 2.92. The van der Waals surface area contributed by atoms with Gasteiger partial charge in [0.15, 0.2) is 0 Å². The molecule has 0 aliphatic carbocycles. The molecule has 0 heterocycles. The second kappa shape index (κ2) is 14.9. The van der Waals surface area contributed by atoms with E-state index in [-0.39, 0.29) is 24.8 Å². The van der Waals surface area contributed by atoms with E-state index < -0.39 is 6.04 Å². The van der Waals surface area contributed by atoms with Gasteiger partial charge in [-0.15, -0.1) is 0 Å². The number of benzene rings is 3. The van der Waals surface area contributed by atoms with E-state index in [1.165, 1.54) is 0 Å². The van der Waals surface area contributed by atoms with Crippen molar-refractivity contribution in [3.8, 4) is 11.5 Å². The summed E-state index contributed by atoms with van der Waals surface area (Å²) in [6.45, 7) is 3.23. The van der Waals surface area contributed by atoms with Gasteiger partial charge in [-0.3, -0.25) is 9.59 Å². The molecule has 3 rings (SSSR count). The topological polar surface area (TPSA) is 67.9 Å². The molecule has 196 valence electrons. The first kappa shape index (κ1) is 28.1. The molecule has 0 unspecified atom stereocenters. The van der Waals surface area contributed by atoms with Gasteiger partial charge in [-0.25, -0.2) is 0 Å². The summed E-state index contributed by atoms with van der Waals surface area (Å²) in [6, 6.07) is 23.8.